The number of fused-ring (bicyclic) bond motifs is 1. The number of benzene rings is 2. The highest BCUT2D eigenvalue weighted by atomic mass is 32.1. The van der Waals surface area contributed by atoms with Gasteiger partial charge in [-0.15, -0.1) is 0 Å². The zero-order valence-electron chi connectivity index (χ0n) is 15.5. The van der Waals surface area contributed by atoms with Crippen molar-refractivity contribution < 1.29 is 27.8 Å². The molecule has 0 saturated carbocycles. The largest absolute Gasteiger partial charge is 0.493 e. The second-order valence-electron chi connectivity index (χ2n) is 5.75. The third-order valence-electron chi connectivity index (χ3n) is 4.04. The Balaban J connectivity index is 2.12. The van der Waals surface area contributed by atoms with Crippen molar-refractivity contribution in [2.24, 2.45) is 4.99 Å². The number of thiazole rings is 1. The number of ether oxygens (including phenoxy) is 3. The zero-order valence-corrected chi connectivity index (χ0v) is 16.3. The molecule has 148 valence electrons. The van der Waals surface area contributed by atoms with Gasteiger partial charge in [0.1, 0.15) is 5.82 Å². The minimum absolute atomic E-state index is 0.183. The van der Waals surface area contributed by atoms with Crippen LogP contribution in [-0.2, 0) is 11.3 Å². The molecule has 1 amide bonds. The lowest BCUT2D eigenvalue weighted by molar-refractivity contribution is 0.0997. The third kappa shape index (κ3) is 3.90. The van der Waals surface area contributed by atoms with E-state index in [1.165, 1.54) is 38.0 Å². The molecule has 0 aliphatic heterocycles. The first-order chi connectivity index (χ1) is 13.5. The van der Waals surface area contributed by atoms with Crippen molar-refractivity contribution in [1.82, 2.24) is 4.57 Å². The van der Waals surface area contributed by atoms with E-state index in [-0.39, 0.29) is 29.0 Å². The molecule has 0 saturated heterocycles. The molecule has 6 nitrogen and oxygen atoms in total. The maximum absolute atomic E-state index is 14.3. The number of hydrogen-bond acceptors (Lipinski definition) is 5. The van der Waals surface area contributed by atoms with E-state index in [9.17, 15) is 13.6 Å². The minimum atomic E-state index is -0.720. The lowest BCUT2D eigenvalue weighted by atomic mass is 10.2. The second-order valence-corrected chi connectivity index (χ2v) is 6.76. The summed E-state index contributed by atoms with van der Waals surface area (Å²) in [5.74, 6) is -1.08. The van der Waals surface area contributed by atoms with Crippen molar-refractivity contribution in [3.63, 3.8) is 0 Å². The summed E-state index contributed by atoms with van der Waals surface area (Å²) in [4.78, 5) is 17.0. The van der Waals surface area contributed by atoms with E-state index >= 15 is 0 Å². The first-order valence-corrected chi connectivity index (χ1v) is 9.08. The fourth-order valence-corrected chi connectivity index (χ4v) is 3.82. The van der Waals surface area contributed by atoms with E-state index in [0.717, 1.165) is 17.4 Å². The summed E-state index contributed by atoms with van der Waals surface area (Å²) in [6.45, 7) is 0.539. The predicted octanol–water partition coefficient (Wildman–Crippen LogP) is 3.39. The van der Waals surface area contributed by atoms with Gasteiger partial charge in [0.15, 0.2) is 22.1 Å². The Bertz CT molecular complexity index is 1090. The van der Waals surface area contributed by atoms with Crippen molar-refractivity contribution in [2.45, 2.75) is 6.54 Å². The van der Waals surface area contributed by atoms with Gasteiger partial charge in [-0.05, 0) is 24.3 Å². The summed E-state index contributed by atoms with van der Waals surface area (Å²) in [6, 6.07) is 6.68. The Labute approximate surface area is 163 Å². The first kappa shape index (κ1) is 20.0. The molecule has 0 bridgehead atoms. The fourth-order valence-electron chi connectivity index (χ4n) is 2.73. The molecule has 0 spiro atoms. The number of methoxy groups -OCH3 is 3. The van der Waals surface area contributed by atoms with Crippen LogP contribution in [0.25, 0.3) is 10.2 Å². The van der Waals surface area contributed by atoms with Crippen molar-refractivity contribution in [1.29, 1.82) is 0 Å². The van der Waals surface area contributed by atoms with Crippen LogP contribution >= 0.6 is 11.3 Å². The van der Waals surface area contributed by atoms with Gasteiger partial charge in [0.2, 0.25) is 0 Å². The standard InChI is InChI=1S/C19H18F2N2O4S/c1-25-7-6-23-17-13(21)9-12(20)10-16(17)28-19(23)22-18(24)11-4-5-14(26-2)15(8-11)27-3/h4-5,8-10H,6-7H2,1-3H3. The summed E-state index contributed by atoms with van der Waals surface area (Å²) >= 11 is 1.03. The van der Waals surface area contributed by atoms with E-state index in [1.807, 2.05) is 0 Å². The van der Waals surface area contributed by atoms with E-state index in [0.29, 0.717) is 16.2 Å². The number of carbonyl (C=O) groups excluding carboxylic acids is 1. The second kappa shape index (κ2) is 8.49. The normalized spacial score (nSPS) is 11.8. The van der Waals surface area contributed by atoms with Crippen LogP contribution in [0.1, 0.15) is 10.4 Å². The molecule has 3 rings (SSSR count). The molecular formula is C19H18F2N2O4S. The monoisotopic (exact) mass is 408 g/mol. The Kier molecular flexibility index (Phi) is 6.05. The maximum atomic E-state index is 14.3. The number of halogens is 2. The Morgan fingerprint density at radius 3 is 2.54 bits per heavy atom. The van der Waals surface area contributed by atoms with Gasteiger partial charge in [0.05, 0.1) is 31.0 Å². The molecule has 2 aromatic carbocycles. The molecule has 1 heterocycles. The molecule has 0 atom stereocenters. The molecule has 0 radical (unpaired) electrons. The van der Waals surface area contributed by atoms with E-state index < -0.39 is 17.5 Å². The Morgan fingerprint density at radius 2 is 1.86 bits per heavy atom. The van der Waals surface area contributed by atoms with Crippen LogP contribution in [-0.4, -0.2) is 38.4 Å². The quantitative estimate of drug-likeness (QED) is 0.627. The van der Waals surface area contributed by atoms with Crippen LogP contribution in [0.3, 0.4) is 0 Å². The topological polar surface area (TPSA) is 62.1 Å². The summed E-state index contributed by atoms with van der Waals surface area (Å²) in [5, 5.41) is 0. The van der Waals surface area contributed by atoms with Crippen molar-refractivity contribution in [3.8, 4) is 11.5 Å². The zero-order chi connectivity index (χ0) is 20.3. The van der Waals surface area contributed by atoms with E-state index in [1.54, 1.807) is 12.1 Å². The maximum Gasteiger partial charge on any atom is 0.279 e. The van der Waals surface area contributed by atoms with Crippen LogP contribution in [0.5, 0.6) is 11.5 Å². The van der Waals surface area contributed by atoms with Crippen LogP contribution < -0.4 is 14.3 Å². The highest BCUT2D eigenvalue weighted by Gasteiger charge is 2.15. The lowest BCUT2D eigenvalue weighted by Gasteiger charge is -2.08. The van der Waals surface area contributed by atoms with Crippen molar-refractivity contribution in [2.75, 3.05) is 27.9 Å². The fraction of sp³-hybridized carbons (Fsp3) is 0.263. The molecule has 0 aliphatic carbocycles. The highest BCUT2D eigenvalue weighted by molar-refractivity contribution is 7.16. The van der Waals surface area contributed by atoms with Gasteiger partial charge in [-0.3, -0.25) is 4.79 Å². The van der Waals surface area contributed by atoms with Crippen LogP contribution in [0.2, 0.25) is 0 Å². The first-order valence-electron chi connectivity index (χ1n) is 8.27. The summed E-state index contributed by atoms with van der Waals surface area (Å²) in [5.41, 5.74) is 0.461. The van der Waals surface area contributed by atoms with Gasteiger partial charge in [-0.1, -0.05) is 11.3 Å². The van der Waals surface area contributed by atoms with Crippen molar-refractivity contribution in [3.05, 3.63) is 52.3 Å². The van der Waals surface area contributed by atoms with Crippen LogP contribution in [0.15, 0.2) is 35.3 Å². The summed E-state index contributed by atoms with van der Waals surface area (Å²) < 4.78 is 45.2. The number of amides is 1. The highest BCUT2D eigenvalue weighted by Crippen LogP contribution is 2.28. The van der Waals surface area contributed by atoms with Crippen LogP contribution in [0, 0.1) is 11.6 Å². The minimum Gasteiger partial charge on any atom is -0.493 e. The van der Waals surface area contributed by atoms with E-state index in [4.69, 9.17) is 14.2 Å². The number of aromatic nitrogens is 1. The Hall–Kier alpha value is -2.78. The van der Waals surface area contributed by atoms with Gasteiger partial charge in [0, 0.05) is 25.3 Å². The summed E-state index contributed by atoms with van der Waals surface area (Å²) in [6.07, 6.45) is 0. The molecule has 0 aliphatic rings. The average Bonchev–Trinajstić information content (AvgIpc) is 3.02. The Morgan fingerprint density at radius 1 is 1.11 bits per heavy atom. The predicted molar refractivity (Wildman–Crippen MR) is 101 cm³/mol. The van der Waals surface area contributed by atoms with Gasteiger partial charge in [-0.2, -0.15) is 4.99 Å². The van der Waals surface area contributed by atoms with Gasteiger partial charge >= 0.3 is 0 Å². The van der Waals surface area contributed by atoms with Gasteiger partial charge < -0.3 is 18.8 Å². The SMILES string of the molecule is COCCn1c(=NC(=O)c2ccc(OC)c(OC)c2)sc2cc(F)cc(F)c21. The molecule has 1 aromatic heterocycles. The van der Waals surface area contributed by atoms with Crippen molar-refractivity contribution >= 4 is 27.5 Å². The molecule has 9 heteroatoms. The molecule has 28 heavy (non-hydrogen) atoms. The smallest absolute Gasteiger partial charge is 0.279 e. The number of nitrogens with zero attached hydrogens (tertiary/aromatic N) is 2. The number of rotatable bonds is 6. The molecule has 3 aromatic rings. The lowest BCUT2D eigenvalue weighted by Crippen LogP contribution is -2.20. The molecule has 0 unspecified atom stereocenters. The van der Waals surface area contributed by atoms with E-state index in [2.05, 4.69) is 4.99 Å². The summed E-state index contributed by atoms with van der Waals surface area (Å²) in [7, 11) is 4.47. The molecular weight excluding hydrogens is 390 g/mol. The van der Waals surface area contributed by atoms with Gasteiger partial charge in [0.25, 0.3) is 5.91 Å². The van der Waals surface area contributed by atoms with Gasteiger partial charge in [-0.25, -0.2) is 8.78 Å². The van der Waals surface area contributed by atoms with Crippen LogP contribution in [0.4, 0.5) is 8.78 Å². The molecule has 0 fully saturated rings. The number of hydrogen-bond donors (Lipinski definition) is 0. The third-order valence-corrected chi connectivity index (χ3v) is 5.07. The average molecular weight is 408 g/mol. The number of carbonyl (C=O) groups is 1. The molecule has 0 N–H and O–H groups in total.